The molecule has 0 amide bonds. The van der Waals surface area contributed by atoms with Crippen LogP contribution in [-0.4, -0.2) is 9.78 Å². The summed E-state index contributed by atoms with van der Waals surface area (Å²) in [7, 11) is 0. The van der Waals surface area contributed by atoms with Crippen molar-refractivity contribution in [2.45, 2.75) is 36.7 Å². The molecule has 1 aromatic carbocycles. The van der Waals surface area contributed by atoms with E-state index in [4.69, 9.17) is 5.73 Å². The molecule has 1 aromatic heterocycles. The minimum atomic E-state index is 0.317. The average molecular weight is 247 g/mol. The van der Waals surface area contributed by atoms with Gasteiger partial charge >= 0.3 is 0 Å². The summed E-state index contributed by atoms with van der Waals surface area (Å²) >= 11 is 1.67. The molecule has 0 aliphatic heterocycles. The summed E-state index contributed by atoms with van der Waals surface area (Å²) in [5.41, 5.74) is 7.77. The Balaban J connectivity index is 2.38. The quantitative estimate of drug-likeness (QED) is 0.902. The molecule has 0 spiro atoms. The van der Waals surface area contributed by atoms with Gasteiger partial charge in [0.15, 0.2) is 0 Å². The van der Waals surface area contributed by atoms with Gasteiger partial charge in [-0.2, -0.15) is 5.10 Å². The van der Waals surface area contributed by atoms with Crippen LogP contribution in [0.25, 0.3) is 0 Å². The summed E-state index contributed by atoms with van der Waals surface area (Å²) in [6.45, 7) is 6.17. The van der Waals surface area contributed by atoms with E-state index >= 15 is 0 Å². The van der Waals surface area contributed by atoms with E-state index < -0.39 is 0 Å². The zero-order chi connectivity index (χ0) is 12.4. The standard InChI is InChI=1S/C13H17N3S/c1-9(2)16-13(12(14)10(3)15-16)17-11-7-5-4-6-8-11/h4-9H,14H2,1-3H3. The van der Waals surface area contributed by atoms with Crippen molar-refractivity contribution in [2.24, 2.45) is 0 Å². The van der Waals surface area contributed by atoms with Crippen LogP contribution >= 0.6 is 11.8 Å². The lowest BCUT2D eigenvalue weighted by molar-refractivity contribution is 0.491. The second-order valence-electron chi connectivity index (χ2n) is 4.26. The monoisotopic (exact) mass is 247 g/mol. The molecule has 0 fully saturated rings. The van der Waals surface area contributed by atoms with Gasteiger partial charge in [0.25, 0.3) is 0 Å². The maximum absolute atomic E-state index is 6.08. The van der Waals surface area contributed by atoms with Crippen molar-refractivity contribution >= 4 is 17.4 Å². The Morgan fingerprint density at radius 3 is 2.47 bits per heavy atom. The van der Waals surface area contributed by atoms with Crippen LogP contribution in [0.4, 0.5) is 5.69 Å². The van der Waals surface area contributed by atoms with E-state index in [2.05, 4.69) is 31.1 Å². The molecule has 0 unspecified atom stereocenters. The lowest BCUT2D eigenvalue weighted by Gasteiger charge is -2.10. The van der Waals surface area contributed by atoms with Gasteiger partial charge in [0.1, 0.15) is 5.03 Å². The van der Waals surface area contributed by atoms with E-state index in [9.17, 15) is 0 Å². The molecule has 0 radical (unpaired) electrons. The third-order valence-corrected chi connectivity index (χ3v) is 3.64. The summed E-state index contributed by atoms with van der Waals surface area (Å²) in [6.07, 6.45) is 0. The topological polar surface area (TPSA) is 43.8 Å². The largest absolute Gasteiger partial charge is 0.395 e. The maximum atomic E-state index is 6.08. The Kier molecular flexibility index (Phi) is 3.43. The van der Waals surface area contributed by atoms with Crippen molar-refractivity contribution in [3.05, 3.63) is 36.0 Å². The highest BCUT2D eigenvalue weighted by molar-refractivity contribution is 7.99. The fourth-order valence-corrected chi connectivity index (χ4v) is 2.71. The van der Waals surface area contributed by atoms with Crippen LogP contribution in [0.1, 0.15) is 25.6 Å². The van der Waals surface area contributed by atoms with E-state index in [1.807, 2.05) is 29.8 Å². The van der Waals surface area contributed by atoms with E-state index in [0.29, 0.717) is 6.04 Å². The van der Waals surface area contributed by atoms with Crippen molar-refractivity contribution < 1.29 is 0 Å². The van der Waals surface area contributed by atoms with Crippen LogP contribution in [0.5, 0.6) is 0 Å². The zero-order valence-electron chi connectivity index (χ0n) is 10.3. The summed E-state index contributed by atoms with van der Waals surface area (Å²) in [4.78, 5) is 1.18. The molecule has 0 bridgehead atoms. The van der Waals surface area contributed by atoms with Gasteiger partial charge in [0, 0.05) is 10.9 Å². The number of nitrogens with two attached hydrogens (primary N) is 1. The lowest BCUT2D eigenvalue weighted by atomic mass is 10.4. The van der Waals surface area contributed by atoms with E-state index in [1.165, 1.54) is 4.90 Å². The van der Waals surface area contributed by atoms with Crippen LogP contribution in [0.3, 0.4) is 0 Å². The summed E-state index contributed by atoms with van der Waals surface area (Å²) < 4.78 is 1.99. The van der Waals surface area contributed by atoms with Crippen LogP contribution in [0, 0.1) is 6.92 Å². The first-order chi connectivity index (χ1) is 8.09. The minimum Gasteiger partial charge on any atom is -0.395 e. The number of nitrogens with zero attached hydrogens (tertiary/aromatic N) is 2. The van der Waals surface area contributed by atoms with Crippen LogP contribution in [0.2, 0.25) is 0 Å². The predicted octanol–water partition coefficient (Wildman–Crippen LogP) is 3.51. The van der Waals surface area contributed by atoms with E-state index in [-0.39, 0.29) is 0 Å². The van der Waals surface area contributed by atoms with Crippen LogP contribution < -0.4 is 5.73 Å². The van der Waals surface area contributed by atoms with Gasteiger partial charge < -0.3 is 5.73 Å². The van der Waals surface area contributed by atoms with Gasteiger partial charge in [-0.1, -0.05) is 30.0 Å². The first-order valence-corrected chi connectivity index (χ1v) is 6.48. The summed E-state index contributed by atoms with van der Waals surface area (Å²) in [6, 6.07) is 10.5. The molecule has 0 aliphatic carbocycles. The number of anilines is 1. The molecular formula is C13H17N3S. The highest BCUT2D eigenvalue weighted by atomic mass is 32.2. The third-order valence-electron chi connectivity index (χ3n) is 2.53. The number of nitrogen functional groups attached to an aromatic ring is 1. The third kappa shape index (κ3) is 2.47. The molecule has 0 saturated carbocycles. The molecular weight excluding hydrogens is 230 g/mol. The molecule has 1 heterocycles. The Bertz CT molecular complexity index is 503. The summed E-state index contributed by atoms with van der Waals surface area (Å²) in [5.74, 6) is 0. The molecule has 0 atom stereocenters. The Labute approximate surface area is 106 Å². The van der Waals surface area contributed by atoms with Crippen molar-refractivity contribution in [3.63, 3.8) is 0 Å². The van der Waals surface area contributed by atoms with Crippen molar-refractivity contribution in [1.29, 1.82) is 0 Å². The van der Waals surface area contributed by atoms with Gasteiger partial charge in [-0.25, -0.2) is 0 Å². The lowest BCUT2D eigenvalue weighted by Crippen LogP contribution is -2.04. The van der Waals surface area contributed by atoms with E-state index in [1.54, 1.807) is 11.8 Å². The molecule has 4 heteroatoms. The van der Waals surface area contributed by atoms with Crippen molar-refractivity contribution in [1.82, 2.24) is 9.78 Å². The fraction of sp³-hybridized carbons (Fsp3) is 0.308. The SMILES string of the molecule is Cc1nn(C(C)C)c(Sc2ccccc2)c1N. The first-order valence-electron chi connectivity index (χ1n) is 5.67. The molecule has 2 N–H and O–H groups in total. The number of rotatable bonds is 3. The molecule has 3 nitrogen and oxygen atoms in total. The second kappa shape index (κ2) is 4.84. The first kappa shape index (κ1) is 12.0. The Hall–Kier alpha value is -1.42. The van der Waals surface area contributed by atoms with Crippen molar-refractivity contribution in [2.75, 3.05) is 5.73 Å². The predicted molar refractivity (Wildman–Crippen MR) is 72.3 cm³/mol. The minimum absolute atomic E-state index is 0.317. The zero-order valence-corrected chi connectivity index (χ0v) is 11.2. The fourth-order valence-electron chi connectivity index (χ4n) is 1.59. The molecule has 17 heavy (non-hydrogen) atoms. The van der Waals surface area contributed by atoms with Crippen LogP contribution in [-0.2, 0) is 0 Å². The van der Waals surface area contributed by atoms with Gasteiger partial charge in [-0.3, -0.25) is 4.68 Å². The molecule has 2 rings (SSSR count). The number of hydrogen-bond donors (Lipinski definition) is 1. The summed E-state index contributed by atoms with van der Waals surface area (Å²) in [5, 5.41) is 5.51. The normalized spacial score (nSPS) is 11.1. The number of aryl methyl sites for hydroxylation is 1. The van der Waals surface area contributed by atoms with Gasteiger partial charge in [0.05, 0.1) is 11.4 Å². The van der Waals surface area contributed by atoms with Gasteiger partial charge in [0.2, 0.25) is 0 Å². The maximum Gasteiger partial charge on any atom is 0.122 e. The average Bonchev–Trinajstić information content (AvgIpc) is 2.59. The highest BCUT2D eigenvalue weighted by Gasteiger charge is 2.15. The molecule has 90 valence electrons. The molecule has 0 saturated heterocycles. The number of hydrogen-bond acceptors (Lipinski definition) is 3. The smallest absolute Gasteiger partial charge is 0.122 e. The number of benzene rings is 1. The highest BCUT2D eigenvalue weighted by Crippen LogP contribution is 2.35. The molecule has 2 aromatic rings. The van der Waals surface area contributed by atoms with Gasteiger partial charge in [-0.15, -0.1) is 0 Å². The number of aromatic nitrogens is 2. The molecule has 0 aliphatic rings. The van der Waals surface area contributed by atoms with Crippen LogP contribution in [0.15, 0.2) is 40.3 Å². The second-order valence-corrected chi connectivity index (χ2v) is 5.32. The van der Waals surface area contributed by atoms with Crippen molar-refractivity contribution in [3.8, 4) is 0 Å². The van der Waals surface area contributed by atoms with E-state index in [0.717, 1.165) is 16.4 Å². The Morgan fingerprint density at radius 1 is 1.24 bits per heavy atom. The Morgan fingerprint density at radius 2 is 1.88 bits per heavy atom. The van der Waals surface area contributed by atoms with Gasteiger partial charge in [-0.05, 0) is 32.9 Å².